The first-order valence-corrected chi connectivity index (χ1v) is 9.09. The minimum Gasteiger partial charge on any atom is -0.352 e. The molecular formula is C17H30N4O2. The smallest absolute Gasteiger partial charge is 0.314 e. The number of carbonyl (C=O) groups is 2. The van der Waals surface area contributed by atoms with Crippen LogP contribution >= 0.6 is 0 Å². The summed E-state index contributed by atoms with van der Waals surface area (Å²) in [5.41, 5.74) is 5.34. The fourth-order valence-electron chi connectivity index (χ4n) is 4.87. The number of primary amides is 1. The van der Waals surface area contributed by atoms with Crippen LogP contribution in [-0.2, 0) is 4.79 Å². The van der Waals surface area contributed by atoms with E-state index in [1.165, 1.54) is 25.7 Å². The van der Waals surface area contributed by atoms with Crippen molar-refractivity contribution in [2.75, 3.05) is 32.7 Å². The van der Waals surface area contributed by atoms with Crippen molar-refractivity contribution in [3.05, 3.63) is 0 Å². The molecule has 0 aromatic carbocycles. The molecule has 2 saturated carbocycles. The van der Waals surface area contributed by atoms with Gasteiger partial charge in [0.05, 0.1) is 6.54 Å². The number of nitrogens with two attached hydrogens (primary N) is 1. The Kier molecular flexibility index (Phi) is 5.09. The molecule has 2 aliphatic carbocycles. The van der Waals surface area contributed by atoms with Crippen LogP contribution in [-0.4, -0.2) is 60.5 Å². The van der Waals surface area contributed by atoms with Crippen molar-refractivity contribution in [3.8, 4) is 0 Å². The number of nitrogens with one attached hydrogen (secondary N) is 1. The van der Waals surface area contributed by atoms with Crippen LogP contribution in [0.5, 0.6) is 0 Å². The summed E-state index contributed by atoms with van der Waals surface area (Å²) in [6.07, 6.45) is 6.29. The van der Waals surface area contributed by atoms with Gasteiger partial charge in [-0.25, -0.2) is 4.79 Å². The van der Waals surface area contributed by atoms with E-state index < -0.39 is 0 Å². The third-order valence-corrected chi connectivity index (χ3v) is 6.09. The highest BCUT2D eigenvalue weighted by atomic mass is 16.2. The molecule has 0 unspecified atom stereocenters. The fraction of sp³-hybridized carbons (Fsp3) is 0.882. The van der Waals surface area contributed by atoms with E-state index in [2.05, 4.69) is 17.1 Å². The first kappa shape index (κ1) is 16.6. The van der Waals surface area contributed by atoms with E-state index in [0.29, 0.717) is 25.6 Å². The van der Waals surface area contributed by atoms with E-state index >= 15 is 0 Å². The van der Waals surface area contributed by atoms with Crippen molar-refractivity contribution in [2.45, 2.75) is 45.1 Å². The Morgan fingerprint density at radius 3 is 2.65 bits per heavy atom. The van der Waals surface area contributed by atoms with Gasteiger partial charge in [-0.05, 0) is 50.4 Å². The predicted octanol–water partition coefficient (Wildman–Crippen LogP) is 1.01. The molecule has 3 aliphatic rings. The van der Waals surface area contributed by atoms with E-state index in [4.69, 9.17) is 5.73 Å². The average Bonchev–Trinajstić information content (AvgIpc) is 3.05. The Morgan fingerprint density at radius 1 is 1.17 bits per heavy atom. The second-order valence-electron chi connectivity index (χ2n) is 7.65. The lowest BCUT2D eigenvalue weighted by atomic mass is 9.84. The van der Waals surface area contributed by atoms with E-state index in [1.54, 1.807) is 4.90 Å². The van der Waals surface area contributed by atoms with Gasteiger partial charge in [0.2, 0.25) is 5.91 Å². The number of hydrogen-bond acceptors (Lipinski definition) is 3. The third-order valence-electron chi connectivity index (χ3n) is 6.09. The summed E-state index contributed by atoms with van der Waals surface area (Å²) in [5, 5.41) is 3.22. The van der Waals surface area contributed by atoms with Crippen LogP contribution in [0.3, 0.4) is 0 Å². The summed E-state index contributed by atoms with van der Waals surface area (Å²) < 4.78 is 0. The van der Waals surface area contributed by atoms with Crippen molar-refractivity contribution in [2.24, 2.45) is 23.5 Å². The molecule has 3 fully saturated rings. The number of rotatable bonds is 4. The molecule has 2 bridgehead atoms. The molecule has 3 amide bonds. The van der Waals surface area contributed by atoms with Crippen LogP contribution < -0.4 is 11.1 Å². The average molecular weight is 322 g/mol. The molecule has 0 aromatic rings. The third kappa shape index (κ3) is 3.97. The Morgan fingerprint density at radius 2 is 2.00 bits per heavy atom. The maximum absolute atomic E-state index is 12.4. The molecule has 1 saturated heterocycles. The molecule has 6 heteroatoms. The van der Waals surface area contributed by atoms with Gasteiger partial charge in [-0.2, -0.15) is 0 Å². The molecule has 3 N–H and O–H groups in total. The topological polar surface area (TPSA) is 78.7 Å². The summed E-state index contributed by atoms with van der Waals surface area (Å²) in [5.74, 6) is 2.53. The zero-order valence-corrected chi connectivity index (χ0v) is 14.2. The summed E-state index contributed by atoms with van der Waals surface area (Å²) in [4.78, 5) is 27.4. The standard InChI is InChI=1S/C17H30N4O2/c1-12(15-10-13-3-4-14(15)9-13)19-16(22)11-20-5-2-6-21(8-7-20)17(18)23/h12-15H,2-11H2,1H3,(H2,18,23)(H,19,22)/t12-,13-,14-,15-/m0/s1. The molecular weight excluding hydrogens is 292 g/mol. The van der Waals surface area contributed by atoms with Gasteiger partial charge in [0.15, 0.2) is 0 Å². The van der Waals surface area contributed by atoms with Crippen LogP contribution in [0.25, 0.3) is 0 Å². The SMILES string of the molecule is C[C@H](NC(=O)CN1CCCN(C(N)=O)CC1)[C@@H]1C[C@H]2CC[C@H]1C2. The van der Waals surface area contributed by atoms with Gasteiger partial charge in [-0.15, -0.1) is 0 Å². The molecule has 0 spiro atoms. The summed E-state index contributed by atoms with van der Waals surface area (Å²) in [6.45, 7) is 5.47. The molecule has 130 valence electrons. The lowest BCUT2D eigenvalue weighted by molar-refractivity contribution is -0.123. The van der Waals surface area contributed by atoms with Gasteiger partial charge >= 0.3 is 6.03 Å². The van der Waals surface area contributed by atoms with Crippen molar-refractivity contribution in [1.29, 1.82) is 0 Å². The maximum Gasteiger partial charge on any atom is 0.314 e. The highest BCUT2D eigenvalue weighted by Gasteiger charge is 2.42. The number of carbonyl (C=O) groups excluding carboxylic acids is 2. The van der Waals surface area contributed by atoms with Crippen LogP contribution in [0, 0.1) is 17.8 Å². The molecule has 1 heterocycles. The zero-order valence-electron chi connectivity index (χ0n) is 14.2. The van der Waals surface area contributed by atoms with Gasteiger partial charge in [-0.3, -0.25) is 9.69 Å². The van der Waals surface area contributed by atoms with E-state index in [1.807, 2.05) is 0 Å². The second kappa shape index (κ2) is 7.07. The first-order valence-electron chi connectivity index (χ1n) is 9.09. The van der Waals surface area contributed by atoms with Gasteiger partial charge in [0, 0.05) is 32.2 Å². The maximum atomic E-state index is 12.4. The summed E-state index contributed by atoms with van der Waals surface area (Å²) in [6, 6.07) is -0.0758. The van der Waals surface area contributed by atoms with Crippen molar-refractivity contribution >= 4 is 11.9 Å². The molecule has 0 radical (unpaired) electrons. The molecule has 3 rings (SSSR count). The van der Waals surface area contributed by atoms with Gasteiger partial charge in [0.25, 0.3) is 0 Å². The van der Waals surface area contributed by atoms with E-state index in [0.717, 1.165) is 31.3 Å². The molecule has 23 heavy (non-hydrogen) atoms. The van der Waals surface area contributed by atoms with E-state index in [9.17, 15) is 9.59 Å². The van der Waals surface area contributed by atoms with Crippen LogP contribution in [0.2, 0.25) is 0 Å². The van der Waals surface area contributed by atoms with Gasteiger partial charge in [-0.1, -0.05) is 6.42 Å². The number of nitrogens with zero attached hydrogens (tertiary/aromatic N) is 2. The predicted molar refractivity (Wildman–Crippen MR) is 88.8 cm³/mol. The highest BCUT2D eigenvalue weighted by Crippen LogP contribution is 2.49. The number of amides is 3. The Labute approximate surface area is 138 Å². The van der Waals surface area contributed by atoms with Crippen molar-refractivity contribution < 1.29 is 9.59 Å². The summed E-state index contributed by atoms with van der Waals surface area (Å²) in [7, 11) is 0. The fourth-order valence-corrected chi connectivity index (χ4v) is 4.87. The lowest BCUT2D eigenvalue weighted by Gasteiger charge is -2.29. The van der Waals surface area contributed by atoms with Crippen molar-refractivity contribution in [3.63, 3.8) is 0 Å². The molecule has 6 nitrogen and oxygen atoms in total. The Balaban J connectivity index is 1.43. The highest BCUT2D eigenvalue weighted by molar-refractivity contribution is 5.78. The normalized spacial score (nSPS) is 32.6. The first-order chi connectivity index (χ1) is 11.0. The number of fused-ring (bicyclic) bond motifs is 2. The molecule has 0 aromatic heterocycles. The number of hydrogen-bond donors (Lipinski definition) is 2. The van der Waals surface area contributed by atoms with E-state index in [-0.39, 0.29) is 18.0 Å². The molecule has 1 aliphatic heterocycles. The minimum absolute atomic E-state index is 0.118. The van der Waals surface area contributed by atoms with Crippen molar-refractivity contribution in [1.82, 2.24) is 15.1 Å². The summed E-state index contributed by atoms with van der Waals surface area (Å²) >= 11 is 0. The quantitative estimate of drug-likeness (QED) is 0.811. The van der Waals surface area contributed by atoms with Crippen LogP contribution in [0.4, 0.5) is 4.79 Å². The Hall–Kier alpha value is -1.30. The molecule has 4 atom stereocenters. The largest absolute Gasteiger partial charge is 0.352 e. The zero-order chi connectivity index (χ0) is 16.4. The minimum atomic E-state index is -0.360. The Bertz CT molecular complexity index is 456. The second-order valence-corrected chi connectivity index (χ2v) is 7.65. The number of urea groups is 1. The van der Waals surface area contributed by atoms with Crippen LogP contribution in [0.15, 0.2) is 0 Å². The lowest BCUT2D eigenvalue weighted by Crippen LogP contribution is -2.46. The van der Waals surface area contributed by atoms with Gasteiger partial charge in [0.1, 0.15) is 0 Å². The monoisotopic (exact) mass is 322 g/mol. The van der Waals surface area contributed by atoms with Gasteiger partial charge < -0.3 is 16.0 Å². The van der Waals surface area contributed by atoms with Crippen LogP contribution in [0.1, 0.15) is 39.0 Å².